The zero-order chi connectivity index (χ0) is 17.4. The Morgan fingerprint density at radius 3 is 2.64 bits per heavy atom. The molecule has 0 aliphatic heterocycles. The predicted octanol–water partition coefficient (Wildman–Crippen LogP) is 3.88. The van der Waals surface area contributed by atoms with Crippen molar-refractivity contribution in [2.24, 2.45) is 0 Å². The molecule has 0 unspecified atom stereocenters. The fourth-order valence-corrected chi connectivity index (χ4v) is 2.83. The molecule has 1 aromatic heterocycles. The first-order chi connectivity index (χ1) is 12.1. The van der Waals surface area contributed by atoms with E-state index in [9.17, 15) is 9.18 Å². The topological polar surface area (TPSA) is 46.9 Å². The van der Waals surface area contributed by atoms with Crippen LogP contribution in [-0.2, 0) is 0 Å². The van der Waals surface area contributed by atoms with Crippen molar-refractivity contribution in [3.05, 3.63) is 72.1 Å². The van der Waals surface area contributed by atoms with E-state index in [4.69, 9.17) is 0 Å². The van der Waals surface area contributed by atoms with Crippen LogP contribution in [0.5, 0.6) is 0 Å². The van der Waals surface area contributed by atoms with Gasteiger partial charge in [-0.25, -0.2) is 9.37 Å². The summed E-state index contributed by atoms with van der Waals surface area (Å²) >= 11 is 0. The number of carbonyl (C=O) groups excluding carboxylic acids is 1. The van der Waals surface area contributed by atoms with Gasteiger partial charge in [-0.05, 0) is 60.7 Å². The summed E-state index contributed by atoms with van der Waals surface area (Å²) in [6.07, 6.45) is 7.31. The first kappa shape index (κ1) is 15.6. The number of benzene rings is 2. The maximum absolute atomic E-state index is 14.3. The van der Waals surface area contributed by atoms with Gasteiger partial charge in [0, 0.05) is 29.7 Å². The number of nitrogens with zero attached hydrogens (tertiary/aromatic N) is 2. The Balaban J connectivity index is 1.68. The van der Waals surface area contributed by atoms with Gasteiger partial charge in [-0.2, -0.15) is 0 Å². The van der Waals surface area contributed by atoms with Crippen molar-refractivity contribution in [1.82, 2.24) is 14.9 Å². The van der Waals surface area contributed by atoms with Crippen LogP contribution in [0.4, 0.5) is 4.39 Å². The molecular weight excluding hydrogens is 317 g/mol. The molecule has 4 nitrogen and oxygen atoms in total. The Labute approximate surface area is 145 Å². The summed E-state index contributed by atoms with van der Waals surface area (Å²) in [7, 11) is 0. The third-order valence-electron chi connectivity index (χ3n) is 4.50. The number of amides is 1. The second-order valence-electron chi connectivity index (χ2n) is 6.40. The highest BCUT2D eigenvalue weighted by molar-refractivity contribution is 5.96. The third kappa shape index (κ3) is 3.18. The van der Waals surface area contributed by atoms with E-state index in [1.807, 2.05) is 35.0 Å². The van der Waals surface area contributed by atoms with E-state index in [0.29, 0.717) is 11.1 Å². The van der Waals surface area contributed by atoms with Crippen molar-refractivity contribution in [3.8, 4) is 16.8 Å². The van der Waals surface area contributed by atoms with Crippen molar-refractivity contribution in [2.75, 3.05) is 0 Å². The standard InChI is InChI=1S/C20H18FN3O/c1-13-18(10-15(11-19(13)21)20(25)23-16-4-5-16)14-2-6-17(7-3-14)24-9-8-22-12-24/h2-3,6-12,16H,4-5H2,1H3,(H,23,25). The maximum Gasteiger partial charge on any atom is 0.251 e. The van der Waals surface area contributed by atoms with Crippen molar-refractivity contribution in [1.29, 1.82) is 0 Å². The van der Waals surface area contributed by atoms with Crippen molar-refractivity contribution < 1.29 is 9.18 Å². The summed E-state index contributed by atoms with van der Waals surface area (Å²) in [6, 6.07) is 11.1. The Morgan fingerprint density at radius 2 is 2.00 bits per heavy atom. The number of rotatable bonds is 4. The number of hydrogen-bond donors (Lipinski definition) is 1. The second kappa shape index (κ2) is 6.16. The van der Waals surface area contributed by atoms with E-state index in [0.717, 1.165) is 29.7 Å². The molecule has 1 saturated carbocycles. The average Bonchev–Trinajstić information content (AvgIpc) is 3.26. The fraction of sp³-hybridized carbons (Fsp3) is 0.200. The summed E-state index contributed by atoms with van der Waals surface area (Å²) < 4.78 is 16.2. The lowest BCUT2D eigenvalue weighted by Gasteiger charge is -2.12. The van der Waals surface area contributed by atoms with Crippen LogP contribution in [0.25, 0.3) is 16.8 Å². The summed E-state index contributed by atoms with van der Waals surface area (Å²) in [5.74, 6) is -0.574. The maximum atomic E-state index is 14.3. The summed E-state index contributed by atoms with van der Waals surface area (Å²) in [5, 5.41) is 2.91. The Kier molecular flexibility index (Phi) is 3.84. The van der Waals surface area contributed by atoms with Gasteiger partial charge in [-0.15, -0.1) is 0 Å². The molecule has 0 radical (unpaired) electrons. The zero-order valence-corrected chi connectivity index (χ0v) is 13.9. The van der Waals surface area contributed by atoms with Gasteiger partial charge < -0.3 is 9.88 Å². The van der Waals surface area contributed by atoms with E-state index in [1.54, 1.807) is 25.5 Å². The van der Waals surface area contributed by atoms with E-state index in [2.05, 4.69) is 10.3 Å². The molecule has 1 fully saturated rings. The van der Waals surface area contributed by atoms with E-state index >= 15 is 0 Å². The molecule has 0 spiro atoms. The summed E-state index contributed by atoms with van der Waals surface area (Å²) in [6.45, 7) is 1.73. The molecule has 1 heterocycles. The summed E-state index contributed by atoms with van der Waals surface area (Å²) in [4.78, 5) is 16.3. The molecule has 126 valence electrons. The van der Waals surface area contributed by atoms with Crippen molar-refractivity contribution in [3.63, 3.8) is 0 Å². The smallest absolute Gasteiger partial charge is 0.251 e. The highest BCUT2D eigenvalue weighted by atomic mass is 19.1. The Morgan fingerprint density at radius 1 is 1.24 bits per heavy atom. The lowest BCUT2D eigenvalue weighted by atomic mass is 9.97. The lowest BCUT2D eigenvalue weighted by molar-refractivity contribution is 0.0950. The van der Waals surface area contributed by atoms with Gasteiger partial charge in [-0.3, -0.25) is 4.79 Å². The van der Waals surface area contributed by atoms with Gasteiger partial charge in [-0.1, -0.05) is 12.1 Å². The van der Waals surface area contributed by atoms with Crippen LogP contribution in [0.15, 0.2) is 55.1 Å². The molecule has 1 N–H and O–H groups in total. The number of imidazole rings is 1. The van der Waals surface area contributed by atoms with Gasteiger partial charge in [0.05, 0.1) is 6.33 Å². The number of hydrogen-bond acceptors (Lipinski definition) is 2. The van der Waals surface area contributed by atoms with Gasteiger partial charge in [0.2, 0.25) is 0 Å². The monoisotopic (exact) mass is 335 g/mol. The largest absolute Gasteiger partial charge is 0.349 e. The molecule has 2 aromatic carbocycles. The van der Waals surface area contributed by atoms with Crippen LogP contribution in [0.3, 0.4) is 0 Å². The molecule has 0 bridgehead atoms. The van der Waals surface area contributed by atoms with E-state index in [1.165, 1.54) is 6.07 Å². The summed E-state index contributed by atoms with van der Waals surface area (Å²) in [5.41, 5.74) is 3.49. The van der Waals surface area contributed by atoms with E-state index in [-0.39, 0.29) is 17.8 Å². The average molecular weight is 335 g/mol. The molecule has 5 heteroatoms. The van der Waals surface area contributed by atoms with Crippen LogP contribution < -0.4 is 5.32 Å². The molecule has 25 heavy (non-hydrogen) atoms. The minimum absolute atomic E-state index is 0.210. The van der Waals surface area contributed by atoms with Crippen LogP contribution in [0.1, 0.15) is 28.8 Å². The molecule has 1 aliphatic carbocycles. The number of halogens is 1. The van der Waals surface area contributed by atoms with Crippen LogP contribution in [-0.4, -0.2) is 21.5 Å². The predicted molar refractivity (Wildman–Crippen MR) is 94.2 cm³/mol. The SMILES string of the molecule is Cc1c(F)cc(C(=O)NC2CC2)cc1-c1ccc(-n2ccnc2)cc1. The van der Waals surface area contributed by atoms with Crippen LogP contribution >= 0.6 is 0 Å². The van der Waals surface area contributed by atoms with Crippen LogP contribution in [0.2, 0.25) is 0 Å². The number of nitrogens with one attached hydrogen (secondary N) is 1. The lowest BCUT2D eigenvalue weighted by Crippen LogP contribution is -2.25. The van der Waals surface area contributed by atoms with Crippen molar-refractivity contribution >= 4 is 5.91 Å². The molecule has 3 aromatic rings. The highest BCUT2D eigenvalue weighted by Crippen LogP contribution is 2.28. The van der Waals surface area contributed by atoms with E-state index < -0.39 is 0 Å². The first-order valence-electron chi connectivity index (χ1n) is 8.31. The molecule has 0 atom stereocenters. The fourth-order valence-electron chi connectivity index (χ4n) is 2.83. The zero-order valence-electron chi connectivity index (χ0n) is 13.9. The molecular formula is C20H18FN3O. The quantitative estimate of drug-likeness (QED) is 0.786. The van der Waals surface area contributed by atoms with Gasteiger partial charge in [0.15, 0.2) is 0 Å². The minimum atomic E-state index is -0.364. The normalized spacial score (nSPS) is 13.7. The third-order valence-corrected chi connectivity index (χ3v) is 4.50. The molecule has 1 aliphatic rings. The highest BCUT2D eigenvalue weighted by Gasteiger charge is 2.24. The second-order valence-corrected chi connectivity index (χ2v) is 6.40. The molecule has 4 rings (SSSR count). The minimum Gasteiger partial charge on any atom is -0.349 e. The molecule has 1 amide bonds. The van der Waals surface area contributed by atoms with Gasteiger partial charge in [0.25, 0.3) is 5.91 Å². The number of aromatic nitrogens is 2. The Hall–Kier alpha value is -2.95. The van der Waals surface area contributed by atoms with Gasteiger partial charge in [0.1, 0.15) is 5.82 Å². The number of carbonyl (C=O) groups is 1. The van der Waals surface area contributed by atoms with Crippen LogP contribution in [0, 0.1) is 12.7 Å². The van der Waals surface area contributed by atoms with Gasteiger partial charge >= 0.3 is 0 Å². The first-order valence-corrected chi connectivity index (χ1v) is 8.31. The van der Waals surface area contributed by atoms with Crippen molar-refractivity contribution in [2.45, 2.75) is 25.8 Å². The Bertz CT molecular complexity index is 913. The molecule has 0 saturated heterocycles.